The molecule has 1 aliphatic rings. The molecule has 1 aromatic carbocycles. The molecule has 2 rings (SSSR count). The number of carbonyl (C=O) groups is 1. The van der Waals surface area contributed by atoms with Crippen LogP contribution in [0.5, 0.6) is 0 Å². The lowest BCUT2D eigenvalue weighted by atomic mass is 10.3. The molecule has 1 heterocycles. The number of carbonyl (C=O) groups excluding carboxylic acids is 1. The summed E-state index contributed by atoms with van der Waals surface area (Å²) in [7, 11) is 1.73. The summed E-state index contributed by atoms with van der Waals surface area (Å²) in [5, 5.41) is 5.61. The average molecular weight is 266 g/mol. The van der Waals surface area contributed by atoms with Crippen LogP contribution in [0.4, 0.5) is 10.1 Å². The lowest BCUT2D eigenvalue weighted by molar-refractivity contribution is -0.118. The van der Waals surface area contributed by atoms with E-state index in [2.05, 4.69) is 15.6 Å². The molecular weight excluding hydrogens is 255 g/mol. The summed E-state index contributed by atoms with van der Waals surface area (Å²) >= 11 is 5.03. The van der Waals surface area contributed by atoms with Crippen LogP contribution in [-0.4, -0.2) is 35.5 Å². The van der Waals surface area contributed by atoms with Crippen LogP contribution in [0, 0.1) is 5.82 Å². The highest BCUT2D eigenvalue weighted by Crippen LogP contribution is 2.08. The number of rotatable bonds is 1. The summed E-state index contributed by atoms with van der Waals surface area (Å²) in [6.07, 6.45) is 0. The Morgan fingerprint density at radius 3 is 2.72 bits per heavy atom. The zero-order chi connectivity index (χ0) is 13.1. The minimum atomic E-state index is -0.319. The van der Waals surface area contributed by atoms with E-state index in [0.717, 1.165) is 0 Å². The predicted molar refractivity (Wildman–Crippen MR) is 70.8 cm³/mol. The Bertz CT molecular complexity index is 514. The number of likely N-dealkylation sites (N-methyl/N-ethyl adjacent to an activating group) is 1. The number of halogens is 1. The molecule has 0 aromatic heterocycles. The van der Waals surface area contributed by atoms with E-state index in [1.54, 1.807) is 24.1 Å². The predicted octanol–water partition coefficient (Wildman–Crippen LogP) is 0.940. The van der Waals surface area contributed by atoms with Crippen LogP contribution in [0.25, 0.3) is 0 Å². The molecule has 0 unspecified atom stereocenters. The second-order valence-electron chi connectivity index (χ2n) is 3.78. The number of hydrogen-bond donors (Lipinski definition) is 2. The molecule has 0 bridgehead atoms. The van der Waals surface area contributed by atoms with E-state index in [0.29, 0.717) is 11.6 Å². The minimum Gasteiger partial charge on any atom is -0.336 e. The summed E-state index contributed by atoms with van der Waals surface area (Å²) in [4.78, 5) is 16.8. The third-order valence-electron chi connectivity index (χ3n) is 2.30. The van der Waals surface area contributed by atoms with Gasteiger partial charge in [0.2, 0.25) is 17.0 Å². The van der Waals surface area contributed by atoms with E-state index in [4.69, 9.17) is 12.2 Å². The van der Waals surface area contributed by atoms with Crippen LogP contribution in [0.1, 0.15) is 0 Å². The molecule has 94 valence electrons. The van der Waals surface area contributed by atoms with E-state index in [1.807, 2.05) is 0 Å². The molecular formula is C11H11FN4OS. The first-order valence-corrected chi connectivity index (χ1v) is 5.61. The van der Waals surface area contributed by atoms with Gasteiger partial charge in [-0.1, -0.05) is 0 Å². The molecule has 1 fully saturated rings. The molecule has 1 amide bonds. The van der Waals surface area contributed by atoms with Gasteiger partial charge in [0.15, 0.2) is 0 Å². The lowest BCUT2D eigenvalue weighted by Crippen LogP contribution is -2.29. The highest BCUT2D eigenvalue weighted by atomic mass is 32.1. The van der Waals surface area contributed by atoms with Crippen molar-refractivity contribution in [3.63, 3.8) is 0 Å². The molecule has 2 N–H and O–H groups in total. The maximum Gasteiger partial charge on any atom is 0.246 e. The Labute approximate surface area is 109 Å². The maximum absolute atomic E-state index is 12.7. The normalized spacial score (nSPS) is 16.9. The fourth-order valence-electron chi connectivity index (χ4n) is 1.44. The van der Waals surface area contributed by atoms with Crippen molar-refractivity contribution < 1.29 is 9.18 Å². The van der Waals surface area contributed by atoms with Crippen LogP contribution in [0.3, 0.4) is 0 Å². The second-order valence-corrected chi connectivity index (χ2v) is 4.16. The number of nitrogens with zero attached hydrogens (tertiary/aromatic N) is 2. The van der Waals surface area contributed by atoms with E-state index >= 15 is 0 Å². The highest BCUT2D eigenvalue weighted by Gasteiger charge is 2.21. The Balaban J connectivity index is 2.02. The summed E-state index contributed by atoms with van der Waals surface area (Å²) in [6.45, 7) is 0.262. The first-order valence-electron chi connectivity index (χ1n) is 5.21. The number of guanidine groups is 1. The van der Waals surface area contributed by atoms with Gasteiger partial charge in [0.05, 0.1) is 6.54 Å². The number of hydrogen-bond acceptors (Lipinski definition) is 2. The third kappa shape index (κ3) is 3.01. The summed E-state index contributed by atoms with van der Waals surface area (Å²) < 4.78 is 12.7. The van der Waals surface area contributed by atoms with Gasteiger partial charge in [0.1, 0.15) is 5.82 Å². The van der Waals surface area contributed by atoms with Crippen LogP contribution < -0.4 is 10.6 Å². The van der Waals surface area contributed by atoms with Crippen molar-refractivity contribution in [2.75, 3.05) is 18.9 Å². The molecule has 5 nitrogen and oxygen atoms in total. The SMILES string of the molecule is CN1CC(=O)NC1=NC(=S)Nc1ccc(F)cc1. The molecule has 7 heteroatoms. The maximum atomic E-state index is 12.7. The van der Waals surface area contributed by atoms with E-state index < -0.39 is 0 Å². The average Bonchev–Trinajstić information content (AvgIpc) is 2.61. The summed E-state index contributed by atoms with van der Waals surface area (Å²) in [6, 6.07) is 5.75. The second kappa shape index (κ2) is 5.09. The molecule has 0 aliphatic carbocycles. The van der Waals surface area contributed by atoms with E-state index in [-0.39, 0.29) is 23.4 Å². The van der Waals surface area contributed by atoms with E-state index in [1.165, 1.54) is 12.1 Å². The van der Waals surface area contributed by atoms with Gasteiger partial charge in [-0.3, -0.25) is 10.1 Å². The minimum absolute atomic E-state index is 0.124. The molecule has 1 aliphatic heterocycles. The van der Waals surface area contributed by atoms with Crippen molar-refractivity contribution in [2.45, 2.75) is 0 Å². The molecule has 18 heavy (non-hydrogen) atoms. The fraction of sp³-hybridized carbons (Fsp3) is 0.182. The number of thiocarbonyl (C=S) groups is 1. The zero-order valence-corrected chi connectivity index (χ0v) is 10.4. The quantitative estimate of drug-likeness (QED) is 0.743. The zero-order valence-electron chi connectivity index (χ0n) is 9.61. The van der Waals surface area contributed by atoms with Crippen molar-refractivity contribution in [2.24, 2.45) is 4.99 Å². The summed E-state index contributed by atoms with van der Waals surface area (Å²) in [5.41, 5.74) is 0.637. The smallest absolute Gasteiger partial charge is 0.246 e. The first-order chi connectivity index (χ1) is 8.54. The molecule has 0 spiro atoms. The van der Waals surface area contributed by atoms with Crippen LogP contribution in [0.15, 0.2) is 29.3 Å². The van der Waals surface area contributed by atoms with Gasteiger partial charge >= 0.3 is 0 Å². The number of aliphatic imine (C=N–C) groups is 1. The number of nitrogens with one attached hydrogen (secondary N) is 2. The van der Waals surface area contributed by atoms with Crippen LogP contribution in [-0.2, 0) is 4.79 Å². The van der Waals surface area contributed by atoms with Gasteiger partial charge in [-0.15, -0.1) is 0 Å². The molecule has 1 aromatic rings. The molecule has 0 saturated carbocycles. The topological polar surface area (TPSA) is 56.7 Å². The van der Waals surface area contributed by atoms with Gasteiger partial charge in [-0.25, -0.2) is 4.39 Å². The Morgan fingerprint density at radius 2 is 2.17 bits per heavy atom. The van der Waals surface area contributed by atoms with Crippen LogP contribution in [0.2, 0.25) is 0 Å². The molecule has 0 atom stereocenters. The third-order valence-corrected chi connectivity index (χ3v) is 2.49. The van der Waals surface area contributed by atoms with E-state index in [9.17, 15) is 9.18 Å². The molecule has 1 saturated heterocycles. The van der Waals surface area contributed by atoms with Crippen molar-refractivity contribution in [1.29, 1.82) is 0 Å². The fourth-order valence-corrected chi connectivity index (χ4v) is 1.65. The van der Waals surface area contributed by atoms with Gasteiger partial charge in [0.25, 0.3) is 0 Å². The van der Waals surface area contributed by atoms with Gasteiger partial charge in [-0.2, -0.15) is 4.99 Å². The monoisotopic (exact) mass is 266 g/mol. The lowest BCUT2D eigenvalue weighted by Gasteiger charge is -2.09. The van der Waals surface area contributed by atoms with Crippen LogP contribution >= 0.6 is 12.2 Å². The number of anilines is 1. The largest absolute Gasteiger partial charge is 0.336 e. The Kier molecular flexibility index (Phi) is 3.52. The highest BCUT2D eigenvalue weighted by molar-refractivity contribution is 7.80. The summed E-state index contributed by atoms with van der Waals surface area (Å²) in [5.74, 6) is -0.0407. The standard InChI is InChI=1S/C11H11FN4OS/c1-16-6-9(17)14-10(16)15-11(18)13-8-4-2-7(12)3-5-8/h2-5H,6H2,1H3,(H2,13,14,15,17,18). The van der Waals surface area contributed by atoms with Crippen molar-refractivity contribution in [1.82, 2.24) is 10.2 Å². The Morgan fingerprint density at radius 1 is 1.50 bits per heavy atom. The number of benzene rings is 1. The first kappa shape index (κ1) is 12.4. The van der Waals surface area contributed by atoms with Gasteiger partial charge in [0, 0.05) is 12.7 Å². The van der Waals surface area contributed by atoms with Gasteiger partial charge < -0.3 is 10.2 Å². The van der Waals surface area contributed by atoms with Crippen molar-refractivity contribution >= 4 is 34.9 Å². The van der Waals surface area contributed by atoms with Crippen molar-refractivity contribution in [3.8, 4) is 0 Å². The number of amides is 1. The van der Waals surface area contributed by atoms with Gasteiger partial charge in [-0.05, 0) is 36.5 Å². The molecule has 0 radical (unpaired) electrons. The van der Waals surface area contributed by atoms with Crippen molar-refractivity contribution in [3.05, 3.63) is 30.1 Å². The Hall–Kier alpha value is -2.02.